The Bertz CT molecular complexity index is 417. The fourth-order valence-electron chi connectivity index (χ4n) is 1.70. The highest BCUT2D eigenvalue weighted by Gasteiger charge is 2.37. The van der Waals surface area contributed by atoms with Gasteiger partial charge in [0, 0.05) is 11.4 Å². The lowest BCUT2D eigenvalue weighted by Crippen LogP contribution is -2.48. The number of amides is 1. The lowest BCUT2D eigenvalue weighted by molar-refractivity contribution is -0.138. The number of nitrogens with zero attached hydrogens (tertiary/aromatic N) is 1. The number of hydrogen-bond acceptors (Lipinski definition) is 3. The van der Waals surface area contributed by atoms with Crippen molar-refractivity contribution in [1.82, 2.24) is 4.90 Å². The van der Waals surface area contributed by atoms with Crippen molar-refractivity contribution in [2.45, 2.75) is 33.7 Å². The van der Waals surface area contributed by atoms with Gasteiger partial charge in [0.05, 0.1) is 16.9 Å². The van der Waals surface area contributed by atoms with Gasteiger partial charge in [0.2, 0.25) is 5.91 Å². The SMILES string of the molecule is CCN(Cc1cccs1)C(=O)C(C)(CC)C(N)=S. The third-order valence-corrected chi connectivity index (χ3v) is 4.63. The third kappa shape index (κ3) is 3.09. The molecule has 0 saturated carbocycles. The van der Waals surface area contributed by atoms with Crippen molar-refractivity contribution in [3.63, 3.8) is 0 Å². The molecule has 0 aromatic carbocycles. The van der Waals surface area contributed by atoms with E-state index in [0.717, 1.165) is 0 Å². The molecule has 1 atom stereocenters. The molecule has 0 aliphatic heterocycles. The smallest absolute Gasteiger partial charge is 0.235 e. The standard InChI is InChI=1S/C13H20N2OS2/c1-4-13(3,11(14)17)12(16)15(5-2)9-10-7-6-8-18-10/h6-8H,4-5,9H2,1-3H3,(H2,14,17). The molecule has 0 aliphatic rings. The van der Waals surface area contributed by atoms with Crippen molar-refractivity contribution < 1.29 is 4.79 Å². The van der Waals surface area contributed by atoms with Crippen LogP contribution < -0.4 is 5.73 Å². The molecule has 0 radical (unpaired) electrons. The van der Waals surface area contributed by atoms with E-state index >= 15 is 0 Å². The highest BCUT2D eigenvalue weighted by molar-refractivity contribution is 7.80. The van der Waals surface area contributed by atoms with Gasteiger partial charge >= 0.3 is 0 Å². The Morgan fingerprint density at radius 1 is 1.56 bits per heavy atom. The van der Waals surface area contributed by atoms with Gasteiger partial charge in [-0.1, -0.05) is 25.2 Å². The molecule has 100 valence electrons. The summed E-state index contributed by atoms with van der Waals surface area (Å²) >= 11 is 6.71. The van der Waals surface area contributed by atoms with Gasteiger partial charge in [-0.05, 0) is 31.7 Å². The van der Waals surface area contributed by atoms with Crippen molar-refractivity contribution in [1.29, 1.82) is 0 Å². The first-order chi connectivity index (χ1) is 8.45. The van der Waals surface area contributed by atoms with Crippen LogP contribution in [0.15, 0.2) is 17.5 Å². The van der Waals surface area contributed by atoms with Crippen LogP contribution in [0.5, 0.6) is 0 Å². The molecule has 2 N–H and O–H groups in total. The van der Waals surface area contributed by atoms with Crippen LogP contribution in [0.2, 0.25) is 0 Å². The van der Waals surface area contributed by atoms with Crippen molar-refractivity contribution in [3.05, 3.63) is 22.4 Å². The monoisotopic (exact) mass is 284 g/mol. The van der Waals surface area contributed by atoms with Crippen LogP contribution in [0.4, 0.5) is 0 Å². The van der Waals surface area contributed by atoms with Gasteiger partial charge in [-0.15, -0.1) is 11.3 Å². The summed E-state index contributed by atoms with van der Waals surface area (Å²) in [6.45, 7) is 7.03. The van der Waals surface area contributed by atoms with Gasteiger partial charge < -0.3 is 10.6 Å². The van der Waals surface area contributed by atoms with Gasteiger partial charge in [-0.25, -0.2) is 0 Å². The van der Waals surface area contributed by atoms with Crippen LogP contribution >= 0.6 is 23.6 Å². The number of rotatable bonds is 6. The molecule has 1 heterocycles. The van der Waals surface area contributed by atoms with E-state index in [4.69, 9.17) is 18.0 Å². The average Bonchev–Trinajstić information content (AvgIpc) is 2.86. The maximum absolute atomic E-state index is 12.6. The Morgan fingerprint density at radius 2 is 2.22 bits per heavy atom. The number of carbonyl (C=O) groups excluding carboxylic acids is 1. The minimum atomic E-state index is -0.734. The Morgan fingerprint density at radius 3 is 2.61 bits per heavy atom. The molecule has 5 heteroatoms. The largest absolute Gasteiger partial charge is 0.392 e. The zero-order valence-corrected chi connectivity index (χ0v) is 12.7. The molecule has 1 rings (SSSR count). The minimum Gasteiger partial charge on any atom is -0.392 e. The maximum atomic E-state index is 12.6. The average molecular weight is 284 g/mol. The summed E-state index contributed by atoms with van der Waals surface area (Å²) < 4.78 is 0. The molecule has 0 fully saturated rings. The molecule has 0 spiro atoms. The normalized spacial score (nSPS) is 13.9. The van der Waals surface area contributed by atoms with Crippen LogP contribution in [0.3, 0.4) is 0 Å². The fraction of sp³-hybridized carbons (Fsp3) is 0.538. The van der Waals surface area contributed by atoms with Crippen molar-refractivity contribution in [2.75, 3.05) is 6.54 Å². The predicted octanol–water partition coefficient (Wildman–Crippen LogP) is 2.80. The molecule has 3 nitrogen and oxygen atoms in total. The van der Waals surface area contributed by atoms with Gasteiger partial charge in [-0.2, -0.15) is 0 Å². The Kier molecular flexibility index (Phi) is 5.28. The summed E-state index contributed by atoms with van der Waals surface area (Å²) in [4.78, 5) is 15.8. The summed E-state index contributed by atoms with van der Waals surface area (Å²) in [5.74, 6) is 0.0217. The summed E-state index contributed by atoms with van der Waals surface area (Å²) in [5.41, 5.74) is 5.00. The number of carbonyl (C=O) groups is 1. The molecule has 1 aromatic heterocycles. The van der Waals surface area contributed by atoms with Gasteiger partial charge in [-0.3, -0.25) is 4.79 Å². The van der Waals surface area contributed by atoms with Gasteiger partial charge in [0.25, 0.3) is 0 Å². The molecule has 1 aromatic rings. The van der Waals surface area contributed by atoms with E-state index in [2.05, 4.69) is 0 Å². The first-order valence-electron chi connectivity index (χ1n) is 6.07. The Balaban J connectivity index is 2.88. The number of thiophene rings is 1. The van der Waals surface area contributed by atoms with Crippen LogP contribution in [-0.2, 0) is 11.3 Å². The summed E-state index contributed by atoms with van der Waals surface area (Å²) in [6, 6.07) is 4.02. The van der Waals surface area contributed by atoms with Crippen LogP contribution in [0.1, 0.15) is 32.1 Å². The molecular weight excluding hydrogens is 264 g/mol. The zero-order valence-electron chi connectivity index (χ0n) is 11.1. The lowest BCUT2D eigenvalue weighted by Gasteiger charge is -2.32. The Hall–Kier alpha value is -0.940. The molecule has 0 bridgehead atoms. The van der Waals surface area contributed by atoms with Crippen molar-refractivity contribution in [3.8, 4) is 0 Å². The number of hydrogen-bond donors (Lipinski definition) is 1. The van der Waals surface area contributed by atoms with E-state index in [0.29, 0.717) is 19.5 Å². The van der Waals surface area contributed by atoms with Crippen LogP contribution in [0, 0.1) is 5.41 Å². The molecule has 0 saturated heterocycles. The molecule has 1 unspecified atom stereocenters. The lowest BCUT2D eigenvalue weighted by atomic mass is 9.85. The topological polar surface area (TPSA) is 46.3 Å². The second-order valence-electron chi connectivity index (χ2n) is 4.45. The maximum Gasteiger partial charge on any atom is 0.235 e. The first-order valence-corrected chi connectivity index (χ1v) is 7.36. The van der Waals surface area contributed by atoms with Gasteiger partial charge in [0.1, 0.15) is 0 Å². The molecule has 0 aliphatic carbocycles. The summed E-state index contributed by atoms with van der Waals surface area (Å²) in [5, 5.41) is 2.01. The molecular formula is C13H20N2OS2. The van der Waals surface area contributed by atoms with E-state index in [1.807, 2.05) is 43.2 Å². The zero-order chi connectivity index (χ0) is 13.8. The Labute approximate surface area is 118 Å². The third-order valence-electron chi connectivity index (χ3n) is 3.32. The summed E-state index contributed by atoms with van der Waals surface area (Å²) in [6.07, 6.45) is 0.627. The molecule has 1 amide bonds. The first kappa shape index (κ1) is 15.1. The fourth-order valence-corrected chi connectivity index (χ4v) is 2.65. The second-order valence-corrected chi connectivity index (χ2v) is 5.92. The molecule has 18 heavy (non-hydrogen) atoms. The quantitative estimate of drug-likeness (QED) is 0.817. The number of nitrogens with two attached hydrogens (primary N) is 1. The van der Waals surface area contributed by atoms with E-state index in [1.165, 1.54) is 4.88 Å². The van der Waals surface area contributed by atoms with E-state index in [1.54, 1.807) is 11.3 Å². The van der Waals surface area contributed by atoms with Crippen molar-refractivity contribution in [2.24, 2.45) is 11.1 Å². The minimum absolute atomic E-state index is 0.0217. The highest BCUT2D eigenvalue weighted by Crippen LogP contribution is 2.26. The van der Waals surface area contributed by atoms with Gasteiger partial charge in [0.15, 0.2) is 0 Å². The van der Waals surface area contributed by atoms with E-state index in [9.17, 15) is 4.79 Å². The van der Waals surface area contributed by atoms with E-state index < -0.39 is 5.41 Å². The predicted molar refractivity (Wildman–Crippen MR) is 80.6 cm³/mol. The van der Waals surface area contributed by atoms with Crippen LogP contribution in [-0.4, -0.2) is 22.3 Å². The van der Waals surface area contributed by atoms with Crippen LogP contribution in [0.25, 0.3) is 0 Å². The highest BCUT2D eigenvalue weighted by atomic mass is 32.1. The summed E-state index contributed by atoms with van der Waals surface area (Å²) in [7, 11) is 0. The second kappa shape index (κ2) is 6.29. The number of thiocarbonyl (C=S) groups is 1. The van der Waals surface area contributed by atoms with Crippen molar-refractivity contribution >= 4 is 34.5 Å². The van der Waals surface area contributed by atoms with E-state index in [-0.39, 0.29) is 10.9 Å².